The minimum absolute atomic E-state index is 0.0106. The lowest BCUT2D eigenvalue weighted by Crippen LogP contribution is -1.93. The molecule has 1 rings (SSSR count). The van der Waals surface area contributed by atoms with Gasteiger partial charge in [-0.05, 0) is 6.07 Å². The van der Waals surface area contributed by atoms with Crippen molar-refractivity contribution in [1.29, 1.82) is 5.41 Å². The summed E-state index contributed by atoms with van der Waals surface area (Å²) in [5, 5.41) is 13.2. The van der Waals surface area contributed by atoms with Crippen molar-refractivity contribution in [2.24, 2.45) is 4.36 Å². The number of aromatic amines is 1. The number of H-pyrrole nitrogens is 1. The van der Waals surface area contributed by atoms with Crippen LogP contribution in [0.25, 0.3) is 0 Å². The molecule has 5 nitrogen and oxygen atoms in total. The minimum Gasteiger partial charge on any atom is -0.280 e. The van der Waals surface area contributed by atoms with Crippen molar-refractivity contribution in [1.82, 2.24) is 10.2 Å². The molecule has 0 aliphatic heterocycles. The highest BCUT2D eigenvalue weighted by molar-refractivity contribution is 7.55. The molecule has 0 saturated heterocycles. The predicted octanol–water partition coefficient (Wildman–Crippen LogP) is 0.132. The Morgan fingerprint density at radius 3 is 3.20 bits per heavy atom. The third-order valence-corrected chi connectivity index (χ3v) is 1.14. The SMILES string of the molecule is N=C(N=S=O)c1ccn[nH]1. The second-order valence-corrected chi connectivity index (χ2v) is 1.82. The van der Waals surface area contributed by atoms with Crippen LogP contribution in [0.2, 0.25) is 0 Å². The lowest BCUT2D eigenvalue weighted by Gasteiger charge is -1.84. The van der Waals surface area contributed by atoms with Gasteiger partial charge in [0.15, 0.2) is 5.84 Å². The Hall–Kier alpha value is -1.30. The van der Waals surface area contributed by atoms with Crippen LogP contribution in [0.1, 0.15) is 5.69 Å². The smallest absolute Gasteiger partial charge is 0.206 e. The van der Waals surface area contributed by atoms with Crippen LogP contribution < -0.4 is 0 Å². The van der Waals surface area contributed by atoms with Gasteiger partial charge in [-0.25, -0.2) is 0 Å². The Bertz CT molecular complexity index is 273. The molecule has 0 saturated carbocycles. The number of hydrogen-bond donors (Lipinski definition) is 2. The molecule has 0 atom stereocenters. The van der Waals surface area contributed by atoms with Crippen molar-refractivity contribution >= 4 is 17.3 Å². The van der Waals surface area contributed by atoms with Crippen molar-refractivity contribution in [2.75, 3.05) is 0 Å². The highest BCUT2D eigenvalue weighted by Gasteiger charge is 1.97. The largest absolute Gasteiger partial charge is 0.280 e. The molecular formula is C4H4N4OS. The fraction of sp³-hybridized carbons (Fsp3) is 0. The van der Waals surface area contributed by atoms with Gasteiger partial charge in [0, 0.05) is 6.20 Å². The Morgan fingerprint density at radius 1 is 1.90 bits per heavy atom. The third kappa shape index (κ3) is 1.35. The molecule has 0 spiro atoms. The van der Waals surface area contributed by atoms with Crippen molar-refractivity contribution in [3.05, 3.63) is 18.0 Å². The number of nitrogens with zero attached hydrogens (tertiary/aromatic N) is 2. The highest BCUT2D eigenvalue weighted by Crippen LogP contribution is 1.92. The zero-order chi connectivity index (χ0) is 7.40. The molecule has 0 bridgehead atoms. The van der Waals surface area contributed by atoms with Gasteiger partial charge in [-0.3, -0.25) is 10.5 Å². The third-order valence-electron chi connectivity index (χ3n) is 0.884. The topological polar surface area (TPSA) is 82.0 Å². The number of aromatic nitrogens is 2. The molecule has 0 aliphatic carbocycles. The van der Waals surface area contributed by atoms with Crippen LogP contribution in [0.5, 0.6) is 0 Å². The van der Waals surface area contributed by atoms with Gasteiger partial charge in [-0.15, -0.1) is 4.36 Å². The average molecular weight is 156 g/mol. The summed E-state index contributed by atoms with van der Waals surface area (Å²) in [4.78, 5) is 0. The molecular weight excluding hydrogens is 152 g/mol. The number of amidine groups is 1. The van der Waals surface area contributed by atoms with E-state index in [9.17, 15) is 4.21 Å². The molecule has 6 heteroatoms. The first-order chi connectivity index (χ1) is 4.84. The minimum atomic E-state index is -0.0856. The molecule has 0 aliphatic rings. The van der Waals surface area contributed by atoms with E-state index >= 15 is 0 Å². The fourth-order valence-corrected chi connectivity index (χ4v) is 0.647. The Labute approximate surface area is 60.2 Å². The van der Waals surface area contributed by atoms with E-state index in [1.165, 1.54) is 6.20 Å². The van der Waals surface area contributed by atoms with E-state index in [2.05, 4.69) is 14.6 Å². The molecule has 1 aromatic rings. The summed E-state index contributed by atoms with van der Waals surface area (Å²) in [6.45, 7) is 0. The summed E-state index contributed by atoms with van der Waals surface area (Å²) in [5.41, 5.74) is 0.448. The summed E-state index contributed by atoms with van der Waals surface area (Å²) in [5.74, 6) is -0.0856. The van der Waals surface area contributed by atoms with E-state index in [4.69, 9.17) is 5.41 Å². The maximum absolute atomic E-state index is 9.81. The summed E-state index contributed by atoms with van der Waals surface area (Å²) in [6.07, 6.45) is 1.49. The maximum Gasteiger partial charge on any atom is 0.206 e. The van der Waals surface area contributed by atoms with Gasteiger partial charge >= 0.3 is 0 Å². The van der Waals surface area contributed by atoms with Crippen LogP contribution in [0.15, 0.2) is 16.6 Å². The molecule has 1 heterocycles. The van der Waals surface area contributed by atoms with Crippen molar-refractivity contribution < 1.29 is 4.21 Å². The Balaban J connectivity index is 2.87. The molecule has 52 valence electrons. The average Bonchev–Trinajstić information content (AvgIpc) is 2.38. The number of hydrogen-bond acceptors (Lipinski definition) is 3. The number of rotatable bonds is 1. The first-order valence-corrected chi connectivity index (χ1v) is 3.13. The quantitative estimate of drug-likeness (QED) is 0.447. The lowest BCUT2D eigenvalue weighted by molar-refractivity contribution is 0.698. The van der Waals surface area contributed by atoms with Gasteiger partial charge in [0.2, 0.25) is 11.5 Å². The fourth-order valence-electron chi connectivity index (χ4n) is 0.474. The zero-order valence-corrected chi connectivity index (χ0v) is 5.68. The molecule has 0 fully saturated rings. The molecule has 0 aromatic carbocycles. The van der Waals surface area contributed by atoms with E-state index < -0.39 is 0 Å². The van der Waals surface area contributed by atoms with Gasteiger partial charge in [0.1, 0.15) is 5.69 Å². The normalized spacial score (nSPS) is 8.80. The van der Waals surface area contributed by atoms with Crippen LogP contribution in [0.3, 0.4) is 0 Å². The van der Waals surface area contributed by atoms with Crippen LogP contribution in [0, 0.1) is 5.41 Å². The van der Waals surface area contributed by atoms with Gasteiger partial charge in [-0.2, -0.15) is 9.31 Å². The van der Waals surface area contributed by atoms with Gasteiger partial charge in [-0.1, -0.05) is 0 Å². The molecule has 0 amide bonds. The Kier molecular flexibility index (Phi) is 2.06. The molecule has 2 N–H and O–H groups in total. The van der Waals surface area contributed by atoms with Crippen LogP contribution in [-0.4, -0.2) is 20.2 Å². The van der Waals surface area contributed by atoms with Gasteiger partial charge < -0.3 is 0 Å². The van der Waals surface area contributed by atoms with Gasteiger partial charge in [0.05, 0.1) is 0 Å². The van der Waals surface area contributed by atoms with Crippen LogP contribution >= 0.6 is 0 Å². The van der Waals surface area contributed by atoms with Crippen LogP contribution in [-0.2, 0) is 11.5 Å². The van der Waals surface area contributed by atoms with Crippen molar-refractivity contribution in [3.63, 3.8) is 0 Å². The predicted molar refractivity (Wildman–Crippen MR) is 36.0 cm³/mol. The van der Waals surface area contributed by atoms with Gasteiger partial charge in [0.25, 0.3) is 0 Å². The monoisotopic (exact) mass is 156 g/mol. The zero-order valence-electron chi connectivity index (χ0n) is 4.87. The first-order valence-electron chi connectivity index (χ1n) is 2.43. The summed E-state index contributed by atoms with van der Waals surface area (Å²) in [7, 11) is 0. The van der Waals surface area contributed by atoms with Crippen molar-refractivity contribution in [3.8, 4) is 0 Å². The maximum atomic E-state index is 9.81. The van der Waals surface area contributed by atoms with Crippen molar-refractivity contribution in [2.45, 2.75) is 0 Å². The summed E-state index contributed by atoms with van der Waals surface area (Å²) >= 11 is 0.0106. The second-order valence-electron chi connectivity index (χ2n) is 1.48. The number of nitrogens with one attached hydrogen (secondary N) is 2. The van der Waals surface area contributed by atoms with E-state index in [-0.39, 0.29) is 17.3 Å². The highest BCUT2D eigenvalue weighted by atomic mass is 32.1. The van der Waals surface area contributed by atoms with E-state index in [0.717, 1.165) is 0 Å². The van der Waals surface area contributed by atoms with E-state index in [1.54, 1.807) is 6.07 Å². The first kappa shape index (κ1) is 6.81. The molecule has 0 radical (unpaired) electrons. The molecule has 0 unspecified atom stereocenters. The Morgan fingerprint density at radius 2 is 2.70 bits per heavy atom. The van der Waals surface area contributed by atoms with E-state index in [1.807, 2.05) is 0 Å². The molecule has 10 heavy (non-hydrogen) atoms. The molecule has 1 aromatic heterocycles. The standard InChI is InChI=1S/C4H4N4OS/c5-4(8-10-9)3-1-2-6-7-3/h1-2,5H,(H,6,7). The summed E-state index contributed by atoms with van der Waals surface area (Å²) in [6, 6.07) is 1.57. The summed E-state index contributed by atoms with van der Waals surface area (Å²) < 4.78 is 13.1. The lowest BCUT2D eigenvalue weighted by atomic mass is 10.4. The van der Waals surface area contributed by atoms with E-state index in [0.29, 0.717) is 5.69 Å². The van der Waals surface area contributed by atoms with Crippen LogP contribution in [0.4, 0.5) is 0 Å². The second kappa shape index (κ2) is 3.02.